The van der Waals surface area contributed by atoms with Crippen LogP contribution >= 0.6 is 11.6 Å². The number of carbonyl (C=O) groups excluding carboxylic acids is 2. The summed E-state index contributed by atoms with van der Waals surface area (Å²) < 4.78 is 40.2. The van der Waals surface area contributed by atoms with Gasteiger partial charge in [0.15, 0.2) is 0 Å². The van der Waals surface area contributed by atoms with Crippen molar-refractivity contribution in [1.29, 1.82) is 0 Å². The van der Waals surface area contributed by atoms with E-state index < -0.39 is 27.8 Å². The van der Waals surface area contributed by atoms with Gasteiger partial charge >= 0.3 is 0 Å². The molecular weight excluding hydrogens is 409 g/mol. The Morgan fingerprint density at radius 2 is 1.79 bits per heavy atom. The third-order valence-corrected chi connectivity index (χ3v) is 5.40. The Morgan fingerprint density at radius 3 is 2.39 bits per heavy atom. The number of sulfonamides is 1. The Bertz CT molecular complexity index is 981. The van der Waals surface area contributed by atoms with Crippen LogP contribution in [0.1, 0.15) is 24.2 Å². The lowest BCUT2D eigenvalue weighted by molar-refractivity contribution is -0.122. The van der Waals surface area contributed by atoms with E-state index in [1.807, 2.05) is 0 Å². The lowest BCUT2D eigenvalue weighted by atomic mass is 10.1. The normalized spacial score (nSPS) is 12.1. The predicted octanol–water partition coefficient (Wildman–Crippen LogP) is 2.53. The fraction of sp³-hybridized carbons (Fsp3) is 0.222. The number of carbonyl (C=O) groups is 2. The summed E-state index contributed by atoms with van der Waals surface area (Å²) in [5, 5.41) is 5.17. The molecule has 0 aliphatic heterocycles. The summed E-state index contributed by atoms with van der Waals surface area (Å²) >= 11 is 6.03. The average molecular weight is 428 g/mol. The van der Waals surface area contributed by atoms with Crippen molar-refractivity contribution in [2.45, 2.75) is 24.8 Å². The molecule has 2 aromatic rings. The summed E-state index contributed by atoms with van der Waals surface area (Å²) in [6, 6.07) is 7.48. The third-order valence-electron chi connectivity index (χ3n) is 3.69. The Kier molecular flexibility index (Phi) is 6.98. The molecule has 0 saturated heterocycles. The largest absolute Gasteiger partial charge is 0.355 e. The Morgan fingerprint density at radius 1 is 1.14 bits per heavy atom. The molecule has 1 atom stereocenters. The molecule has 0 saturated carbocycles. The second-order valence-corrected chi connectivity index (χ2v) is 7.93. The van der Waals surface area contributed by atoms with Crippen molar-refractivity contribution >= 4 is 39.1 Å². The molecule has 0 bridgehead atoms. The van der Waals surface area contributed by atoms with Crippen LogP contribution in [-0.4, -0.2) is 32.8 Å². The van der Waals surface area contributed by atoms with E-state index in [0.29, 0.717) is 6.54 Å². The van der Waals surface area contributed by atoms with Crippen molar-refractivity contribution in [3.8, 4) is 0 Å². The molecule has 0 aliphatic carbocycles. The van der Waals surface area contributed by atoms with Gasteiger partial charge in [0, 0.05) is 12.1 Å². The van der Waals surface area contributed by atoms with Gasteiger partial charge in [-0.25, -0.2) is 12.8 Å². The van der Waals surface area contributed by atoms with Crippen LogP contribution in [0.4, 0.5) is 10.1 Å². The van der Waals surface area contributed by atoms with Crippen molar-refractivity contribution in [3.05, 3.63) is 58.9 Å². The molecule has 7 nitrogen and oxygen atoms in total. The molecule has 28 heavy (non-hydrogen) atoms. The van der Waals surface area contributed by atoms with Crippen LogP contribution in [0.2, 0.25) is 5.02 Å². The van der Waals surface area contributed by atoms with Gasteiger partial charge < -0.3 is 10.6 Å². The van der Waals surface area contributed by atoms with Gasteiger partial charge in [-0.15, -0.1) is 0 Å². The molecular formula is C18H19ClFN3O4S. The van der Waals surface area contributed by atoms with Crippen molar-refractivity contribution in [2.75, 3.05) is 11.3 Å². The Balaban J connectivity index is 2.22. The Labute approximate surface area is 167 Å². The Hall–Kier alpha value is -2.65. The van der Waals surface area contributed by atoms with Crippen molar-refractivity contribution < 1.29 is 22.4 Å². The molecule has 2 rings (SSSR count). The zero-order valence-corrected chi connectivity index (χ0v) is 16.7. The molecule has 0 radical (unpaired) electrons. The highest BCUT2D eigenvalue weighted by molar-refractivity contribution is 7.92. The van der Waals surface area contributed by atoms with E-state index in [1.54, 1.807) is 6.92 Å². The summed E-state index contributed by atoms with van der Waals surface area (Å²) in [4.78, 5) is 23.9. The minimum Gasteiger partial charge on any atom is -0.355 e. The third kappa shape index (κ3) is 5.43. The number of nitrogens with one attached hydrogen (secondary N) is 3. The average Bonchev–Trinajstić information content (AvgIpc) is 2.63. The number of anilines is 1. The number of likely N-dealkylation sites (N-methyl/N-ethyl adjacent to an activating group) is 1. The molecule has 2 aromatic carbocycles. The van der Waals surface area contributed by atoms with Gasteiger partial charge in [0.05, 0.1) is 15.6 Å². The quantitative estimate of drug-likeness (QED) is 0.631. The van der Waals surface area contributed by atoms with Gasteiger partial charge in [0.1, 0.15) is 11.9 Å². The first-order valence-electron chi connectivity index (χ1n) is 8.30. The topological polar surface area (TPSA) is 104 Å². The maximum atomic E-state index is 13.0. The molecule has 0 aromatic heterocycles. The molecule has 0 heterocycles. The van der Waals surface area contributed by atoms with Gasteiger partial charge in [0.25, 0.3) is 15.9 Å². The smallest absolute Gasteiger partial charge is 0.261 e. The van der Waals surface area contributed by atoms with Crippen LogP contribution in [0.25, 0.3) is 0 Å². The molecule has 10 heteroatoms. The van der Waals surface area contributed by atoms with Crippen LogP contribution in [0.3, 0.4) is 0 Å². The standard InChI is InChI=1S/C18H19ClFN3O4S/c1-3-21-17(24)11(2)22-18(25)12-4-9-15(19)16(10-12)23-28(26,27)14-7-5-13(20)6-8-14/h4-11,23H,3H2,1-2H3,(H,21,24)(H,22,25). The predicted molar refractivity (Wildman–Crippen MR) is 104 cm³/mol. The highest BCUT2D eigenvalue weighted by atomic mass is 35.5. The summed E-state index contributed by atoms with van der Waals surface area (Å²) in [5.41, 5.74) is 0.0849. The first kappa shape index (κ1) is 21.6. The minimum atomic E-state index is -4.04. The van der Waals surface area contributed by atoms with Crippen LogP contribution < -0.4 is 15.4 Å². The molecule has 1 unspecified atom stereocenters. The van der Waals surface area contributed by atoms with Gasteiger partial charge in [-0.05, 0) is 56.3 Å². The van der Waals surface area contributed by atoms with Crippen molar-refractivity contribution in [1.82, 2.24) is 10.6 Å². The highest BCUT2D eigenvalue weighted by Crippen LogP contribution is 2.26. The SMILES string of the molecule is CCNC(=O)C(C)NC(=O)c1ccc(Cl)c(NS(=O)(=O)c2ccc(F)cc2)c1. The summed E-state index contributed by atoms with van der Waals surface area (Å²) in [7, 11) is -4.04. The first-order chi connectivity index (χ1) is 13.1. The number of rotatable bonds is 7. The van der Waals surface area contributed by atoms with E-state index >= 15 is 0 Å². The first-order valence-corrected chi connectivity index (χ1v) is 10.2. The molecule has 150 valence electrons. The summed E-state index contributed by atoms with van der Waals surface area (Å²) in [5.74, 6) is -1.49. The van der Waals surface area contributed by atoms with Crippen molar-refractivity contribution in [2.24, 2.45) is 0 Å². The zero-order chi connectivity index (χ0) is 20.9. The van der Waals surface area contributed by atoms with E-state index in [4.69, 9.17) is 11.6 Å². The number of hydrogen-bond acceptors (Lipinski definition) is 4. The monoisotopic (exact) mass is 427 g/mol. The maximum Gasteiger partial charge on any atom is 0.261 e. The van der Waals surface area contributed by atoms with E-state index in [-0.39, 0.29) is 27.1 Å². The molecule has 0 spiro atoms. The van der Waals surface area contributed by atoms with Crippen molar-refractivity contribution in [3.63, 3.8) is 0 Å². The van der Waals surface area contributed by atoms with E-state index in [1.165, 1.54) is 25.1 Å². The molecule has 0 fully saturated rings. The highest BCUT2D eigenvalue weighted by Gasteiger charge is 2.19. The van der Waals surface area contributed by atoms with E-state index in [0.717, 1.165) is 24.3 Å². The minimum absolute atomic E-state index is 0.0238. The number of hydrogen-bond donors (Lipinski definition) is 3. The number of benzene rings is 2. The molecule has 2 amide bonds. The fourth-order valence-corrected chi connectivity index (χ4v) is 3.53. The number of amides is 2. The fourth-order valence-electron chi connectivity index (χ4n) is 2.24. The van der Waals surface area contributed by atoms with Gasteiger partial charge in [0.2, 0.25) is 5.91 Å². The summed E-state index contributed by atoms with van der Waals surface area (Å²) in [6.07, 6.45) is 0. The lowest BCUT2D eigenvalue weighted by Gasteiger charge is -2.15. The van der Waals surface area contributed by atoms with Crippen LogP contribution in [-0.2, 0) is 14.8 Å². The van der Waals surface area contributed by atoms with Gasteiger partial charge in [-0.2, -0.15) is 0 Å². The number of halogens is 2. The van der Waals surface area contributed by atoms with Gasteiger partial charge in [-0.3, -0.25) is 14.3 Å². The van der Waals surface area contributed by atoms with Gasteiger partial charge in [-0.1, -0.05) is 11.6 Å². The van der Waals surface area contributed by atoms with Crippen LogP contribution in [0.5, 0.6) is 0 Å². The zero-order valence-electron chi connectivity index (χ0n) is 15.1. The lowest BCUT2D eigenvalue weighted by Crippen LogP contribution is -2.44. The maximum absolute atomic E-state index is 13.0. The second-order valence-electron chi connectivity index (χ2n) is 5.84. The van der Waals surface area contributed by atoms with E-state index in [2.05, 4.69) is 15.4 Å². The van der Waals surface area contributed by atoms with Crippen LogP contribution in [0, 0.1) is 5.82 Å². The molecule has 0 aliphatic rings. The summed E-state index contributed by atoms with van der Waals surface area (Å²) in [6.45, 7) is 3.71. The second kappa shape index (κ2) is 9.03. The van der Waals surface area contributed by atoms with E-state index in [9.17, 15) is 22.4 Å². The van der Waals surface area contributed by atoms with Crippen LogP contribution in [0.15, 0.2) is 47.4 Å². The molecule has 3 N–H and O–H groups in total.